The van der Waals surface area contributed by atoms with Gasteiger partial charge in [-0.3, -0.25) is 4.99 Å². The Labute approximate surface area is 136 Å². The molecule has 23 heavy (non-hydrogen) atoms. The number of aliphatic imine (C=N–C) groups is 1. The van der Waals surface area contributed by atoms with Crippen LogP contribution in [0.25, 0.3) is 11.0 Å². The molecule has 124 valence electrons. The summed E-state index contributed by atoms with van der Waals surface area (Å²) in [5.41, 5.74) is 2.13. The van der Waals surface area contributed by atoms with Gasteiger partial charge in [0.15, 0.2) is 5.96 Å². The summed E-state index contributed by atoms with van der Waals surface area (Å²) in [5.74, 6) is 1.93. The highest BCUT2D eigenvalue weighted by molar-refractivity contribution is 5.80. The number of rotatable bonds is 8. The van der Waals surface area contributed by atoms with Crippen molar-refractivity contribution in [2.24, 2.45) is 4.99 Å². The Morgan fingerprint density at radius 1 is 1.39 bits per heavy atom. The highest BCUT2D eigenvalue weighted by Crippen LogP contribution is 2.18. The van der Waals surface area contributed by atoms with Gasteiger partial charge < -0.3 is 20.4 Å². The fraction of sp³-hybridized carbons (Fsp3) is 0.529. The monoisotopic (exact) mass is 315 g/mol. The number of hydrogen-bond donors (Lipinski definition) is 3. The summed E-state index contributed by atoms with van der Waals surface area (Å²) in [5, 5.41) is 6.73. The van der Waals surface area contributed by atoms with Crippen LogP contribution in [0.15, 0.2) is 29.3 Å². The number of aromatic amines is 1. The topological polar surface area (TPSA) is 74.3 Å². The van der Waals surface area contributed by atoms with Crippen LogP contribution in [0.1, 0.15) is 25.1 Å². The third-order valence-electron chi connectivity index (χ3n) is 3.80. The number of guanidine groups is 1. The zero-order valence-electron chi connectivity index (χ0n) is 13.6. The van der Waals surface area contributed by atoms with E-state index in [-0.39, 0.29) is 0 Å². The van der Waals surface area contributed by atoms with Crippen molar-refractivity contribution in [3.8, 4) is 0 Å². The van der Waals surface area contributed by atoms with Crippen LogP contribution in [-0.4, -0.2) is 48.8 Å². The van der Waals surface area contributed by atoms with E-state index in [2.05, 4.69) is 31.7 Å². The Morgan fingerprint density at radius 2 is 2.26 bits per heavy atom. The fourth-order valence-corrected chi connectivity index (χ4v) is 2.41. The second kappa shape index (κ2) is 7.97. The number of imidazole rings is 1. The average molecular weight is 315 g/mol. The second-order valence-corrected chi connectivity index (χ2v) is 5.87. The summed E-state index contributed by atoms with van der Waals surface area (Å²) in [7, 11) is 1.71. The number of nitrogens with zero attached hydrogens (tertiary/aromatic N) is 2. The number of H-pyrrole nitrogens is 1. The molecule has 0 amide bonds. The summed E-state index contributed by atoms with van der Waals surface area (Å²) in [4.78, 5) is 12.6. The Balaban J connectivity index is 1.46. The van der Waals surface area contributed by atoms with Gasteiger partial charge in [-0.25, -0.2) is 4.98 Å². The molecule has 0 unspecified atom stereocenters. The number of aryl methyl sites for hydroxylation is 1. The second-order valence-electron chi connectivity index (χ2n) is 5.87. The van der Waals surface area contributed by atoms with Crippen molar-refractivity contribution in [3.05, 3.63) is 30.1 Å². The van der Waals surface area contributed by atoms with Gasteiger partial charge in [0, 0.05) is 32.7 Å². The standard InChI is InChI=1S/C17H25N5O/c1-23-12-11-19-17(20-13-8-9-13)18-10-4-7-16-21-14-5-2-3-6-15(14)22-16/h2-3,5-6,13H,4,7-12H2,1H3,(H,21,22)(H2,18,19,20). The molecule has 0 aliphatic heterocycles. The predicted molar refractivity (Wildman–Crippen MR) is 92.8 cm³/mol. The van der Waals surface area contributed by atoms with Crippen molar-refractivity contribution < 1.29 is 4.74 Å². The normalized spacial score (nSPS) is 15.1. The van der Waals surface area contributed by atoms with Crippen molar-refractivity contribution in [1.82, 2.24) is 20.6 Å². The highest BCUT2D eigenvalue weighted by atomic mass is 16.5. The Morgan fingerprint density at radius 3 is 3.04 bits per heavy atom. The minimum Gasteiger partial charge on any atom is -0.383 e. The van der Waals surface area contributed by atoms with E-state index in [9.17, 15) is 0 Å². The van der Waals surface area contributed by atoms with Gasteiger partial charge in [0.25, 0.3) is 0 Å². The van der Waals surface area contributed by atoms with Crippen LogP contribution in [0.3, 0.4) is 0 Å². The lowest BCUT2D eigenvalue weighted by Gasteiger charge is -2.11. The van der Waals surface area contributed by atoms with E-state index in [0.717, 1.165) is 48.7 Å². The van der Waals surface area contributed by atoms with Gasteiger partial charge in [-0.05, 0) is 31.4 Å². The van der Waals surface area contributed by atoms with E-state index in [1.807, 2.05) is 18.2 Å². The van der Waals surface area contributed by atoms with Crippen molar-refractivity contribution in [2.45, 2.75) is 31.7 Å². The van der Waals surface area contributed by atoms with Crippen molar-refractivity contribution in [1.29, 1.82) is 0 Å². The van der Waals surface area contributed by atoms with Crippen molar-refractivity contribution in [3.63, 3.8) is 0 Å². The molecule has 0 spiro atoms. The molecule has 6 heteroatoms. The van der Waals surface area contributed by atoms with E-state index < -0.39 is 0 Å². The van der Waals surface area contributed by atoms with Gasteiger partial charge in [0.1, 0.15) is 5.82 Å². The zero-order chi connectivity index (χ0) is 15.9. The number of ether oxygens (including phenoxy) is 1. The molecular formula is C17H25N5O. The van der Waals surface area contributed by atoms with E-state index >= 15 is 0 Å². The number of benzene rings is 1. The first kappa shape index (κ1) is 15.8. The molecule has 1 aromatic heterocycles. The van der Waals surface area contributed by atoms with Crippen LogP contribution in [0.5, 0.6) is 0 Å². The first-order chi connectivity index (χ1) is 11.3. The molecule has 1 aliphatic carbocycles. The Bertz CT molecular complexity index is 614. The van der Waals surface area contributed by atoms with Gasteiger partial charge in [0.05, 0.1) is 17.6 Å². The Hall–Kier alpha value is -2.08. The Kier molecular flexibility index (Phi) is 5.47. The molecule has 0 saturated heterocycles. The van der Waals surface area contributed by atoms with E-state index in [4.69, 9.17) is 4.74 Å². The number of nitrogens with one attached hydrogen (secondary N) is 3. The summed E-state index contributed by atoms with van der Waals surface area (Å²) in [6.07, 6.45) is 4.36. The maximum absolute atomic E-state index is 5.07. The molecule has 1 fully saturated rings. The first-order valence-corrected chi connectivity index (χ1v) is 8.32. The van der Waals surface area contributed by atoms with Crippen LogP contribution >= 0.6 is 0 Å². The van der Waals surface area contributed by atoms with Gasteiger partial charge in [0.2, 0.25) is 0 Å². The fourth-order valence-electron chi connectivity index (χ4n) is 2.41. The van der Waals surface area contributed by atoms with E-state index in [1.54, 1.807) is 7.11 Å². The molecule has 1 aliphatic rings. The van der Waals surface area contributed by atoms with E-state index in [0.29, 0.717) is 12.6 Å². The van der Waals surface area contributed by atoms with Crippen LogP contribution in [0, 0.1) is 0 Å². The number of fused-ring (bicyclic) bond motifs is 1. The highest BCUT2D eigenvalue weighted by Gasteiger charge is 2.22. The predicted octanol–water partition coefficient (Wildman–Crippen LogP) is 1.84. The van der Waals surface area contributed by atoms with Gasteiger partial charge in [-0.1, -0.05) is 12.1 Å². The van der Waals surface area contributed by atoms with E-state index in [1.165, 1.54) is 12.8 Å². The molecule has 2 aromatic rings. The van der Waals surface area contributed by atoms with Gasteiger partial charge in [-0.15, -0.1) is 0 Å². The molecular weight excluding hydrogens is 290 g/mol. The molecule has 1 heterocycles. The maximum Gasteiger partial charge on any atom is 0.191 e. The van der Waals surface area contributed by atoms with Crippen LogP contribution in [0.2, 0.25) is 0 Å². The van der Waals surface area contributed by atoms with Crippen molar-refractivity contribution in [2.75, 3.05) is 26.8 Å². The van der Waals surface area contributed by atoms with Crippen LogP contribution in [-0.2, 0) is 11.2 Å². The third-order valence-corrected chi connectivity index (χ3v) is 3.80. The smallest absolute Gasteiger partial charge is 0.191 e. The average Bonchev–Trinajstić information content (AvgIpc) is 3.27. The quantitative estimate of drug-likeness (QED) is 0.395. The summed E-state index contributed by atoms with van der Waals surface area (Å²) in [6.45, 7) is 2.25. The number of aromatic nitrogens is 2. The van der Waals surface area contributed by atoms with Crippen LogP contribution in [0.4, 0.5) is 0 Å². The maximum atomic E-state index is 5.07. The molecule has 1 saturated carbocycles. The molecule has 3 rings (SSSR count). The minimum atomic E-state index is 0.596. The third kappa shape index (κ3) is 4.96. The largest absolute Gasteiger partial charge is 0.383 e. The van der Waals surface area contributed by atoms with Gasteiger partial charge in [-0.2, -0.15) is 0 Å². The van der Waals surface area contributed by atoms with Crippen molar-refractivity contribution >= 4 is 17.0 Å². The molecule has 3 N–H and O–H groups in total. The van der Waals surface area contributed by atoms with Crippen LogP contribution < -0.4 is 10.6 Å². The van der Waals surface area contributed by atoms with Gasteiger partial charge >= 0.3 is 0 Å². The number of hydrogen-bond acceptors (Lipinski definition) is 3. The molecule has 0 bridgehead atoms. The number of para-hydroxylation sites is 2. The SMILES string of the molecule is COCCNC(=NCCCc1nc2ccccc2[nH]1)NC1CC1. The summed E-state index contributed by atoms with van der Waals surface area (Å²) in [6, 6.07) is 8.72. The molecule has 1 aromatic carbocycles. The lowest BCUT2D eigenvalue weighted by atomic mass is 10.3. The lowest BCUT2D eigenvalue weighted by Crippen LogP contribution is -2.40. The zero-order valence-corrected chi connectivity index (χ0v) is 13.6. The lowest BCUT2D eigenvalue weighted by molar-refractivity contribution is 0.203. The minimum absolute atomic E-state index is 0.596. The first-order valence-electron chi connectivity index (χ1n) is 8.32. The molecule has 6 nitrogen and oxygen atoms in total. The summed E-state index contributed by atoms with van der Waals surface area (Å²) >= 11 is 0. The number of methoxy groups -OCH3 is 1. The molecule has 0 radical (unpaired) electrons. The molecule has 0 atom stereocenters. The summed E-state index contributed by atoms with van der Waals surface area (Å²) < 4.78 is 5.07.